The first kappa shape index (κ1) is 13.9. The summed E-state index contributed by atoms with van der Waals surface area (Å²) in [6.45, 7) is 2.51. The number of ether oxygens (including phenoxy) is 1. The van der Waals surface area contributed by atoms with Crippen LogP contribution in [0.1, 0.15) is 25.6 Å². The molecule has 0 aromatic carbocycles. The Morgan fingerprint density at radius 2 is 2.21 bits per heavy atom. The van der Waals surface area contributed by atoms with E-state index >= 15 is 0 Å². The molecule has 0 aliphatic carbocycles. The van der Waals surface area contributed by atoms with E-state index in [1.54, 1.807) is 0 Å². The number of alkyl halides is 3. The van der Waals surface area contributed by atoms with Gasteiger partial charge in [0.1, 0.15) is 11.6 Å². The van der Waals surface area contributed by atoms with E-state index in [1.165, 1.54) is 6.07 Å². The van der Waals surface area contributed by atoms with Crippen LogP contribution in [0.25, 0.3) is 0 Å². The Bertz CT molecular complexity index is 446. The van der Waals surface area contributed by atoms with E-state index in [2.05, 4.69) is 15.3 Å². The third kappa shape index (κ3) is 3.46. The lowest BCUT2D eigenvalue weighted by Crippen LogP contribution is -2.30. The Morgan fingerprint density at radius 1 is 1.47 bits per heavy atom. The lowest BCUT2D eigenvalue weighted by molar-refractivity contribution is -0.144. The molecule has 0 spiro atoms. The second-order valence-corrected chi connectivity index (χ2v) is 4.48. The molecule has 1 aromatic heterocycles. The van der Waals surface area contributed by atoms with Crippen LogP contribution in [0.3, 0.4) is 0 Å². The molecule has 8 heteroatoms. The molecule has 1 aliphatic rings. The predicted molar refractivity (Wildman–Crippen MR) is 63.5 cm³/mol. The van der Waals surface area contributed by atoms with Gasteiger partial charge >= 0.3 is 6.18 Å². The summed E-state index contributed by atoms with van der Waals surface area (Å²) in [6.07, 6.45) is -2.80. The van der Waals surface area contributed by atoms with Crippen LogP contribution in [-0.4, -0.2) is 28.7 Å². The van der Waals surface area contributed by atoms with Crippen molar-refractivity contribution < 1.29 is 17.9 Å². The molecule has 2 unspecified atom stereocenters. The molecule has 2 heterocycles. The molecule has 1 aliphatic heterocycles. The van der Waals surface area contributed by atoms with E-state index in [1.807, 2.05) is 6.92 Å². The summed E-state index contributed by atoms with van der Waals surface area (Å²) in [4.78, 5) is 6.61. The highest BCUT2D eigenvalue weighted by atomic mass is 19.4. The van der Waals surface area contributed by atoms with Gasteiger partial charge in [-0.05, 0) is 19.8 Å². The van der Waals surface area contributed by atoms with Crippen molar-refractivity contribution in [2.24, 2.45) is 0 Å². The van der Waals surface area contributed by atoms with Crippen molar-refractivity contribution in [2.75, 3.05) is 17.7 Å². The van der Waals surface area contributed by atoms with Crippen molar-refractivity contribution in [1.82, 2.24) is 9.97 Å². The lowest BCUT2D eigenvalue weighted by atomic mass is 10.1. The molecular weight excluding hydrogens is 261 g/mol. The van der Waals surface area contributed by atoms with Crippen molar-refractivity contribution in [3.63, 3.8) is 0 Å². The molecular formula is C11H15F3N4O. The molecule has 5 nitrogen and oxygen atoms in total. The van der Waals surface area contributed by atoms with E-state index in [-0.39, 0.29) is 23.8 Å². The van der Waals surface area contributed by atoms with E-state index in [9.17, 15) is 13.2 Å². The number of rotatable bonds is 3. The van der Waals surface area contributed by atoms with Crippen LogP contribution in [0.2, 0.25) is 0 Å². The van der Waals surface area contributed by atoms with Gasteiger partial charge in [-0.1, -0.05) is 0 Å². The largest absolute Gasteiger partial charge is 0.451 e. The van der Waals surface area contributed by atoms with Gasteiger partial charge < -0.3 is 15.8 Å². The number of aromatic nitrogens is 2. The van der Waals surface area contributed by atoms with E-state index in [0.29, 0.717) is 6.61 Å². The van der Waals surface area contributed by atoms with Gasteiger partial charge in [-0.25, -0.2) is 9.97 Å². The highest BCUT2D eigenvalue weighted by Gasteiger charge is 2.35. The third-order valence-corrected chi connectivity index (χ3v) is 2.90. The average molecular weight is 276 g/mol. The van der Waals surface area contributed by atoms with Crippen LogP contribution in [0.4, 0.5) is 24.8 Å². The number of hydrogen-bond acceptors (Lipinski definition) is 5. The van der Waals surface area contributed by atoms with Crippen molar-refractivity contribution in [2.45, 2.75) is 38.1 Å². The summed E-state index contributed by atoms with van der Waals surface area (Å²) in [5.41, 5.74) is 5.36. The number of hydrogen-bond donors (Lipinski definition) is 2. The standard InChI is InChI=1S/C11H15F3N4O/c1-6(7-3-2-4-19-7)16-9-5-8(15)17-10(18-9)11(12,13)14/h5-7H,2-4H2,1H3,(H3,15,16,17,18). The number of anilines is 2. The van der Waals surface area contributed by atoms with Crippen LogP contribution in [-0.2, 0) is 10.9 Å². The topological polar surface area (TPSA) is 73.1 Å². The summed E-state index contributed by atoms with van der Waals surface area (Å²) in [7, 11) is 0. The molecule has 1 aromatic rings. The fraction of sp³-hybridized carbons (Fsp3) is 0.636. The predicted octanol–water partition coefficient (Wildman–Crippen LogP) is 2.06. The molecule has 1 fully saturated rings. The second kappa shape index (κ2) is 5.20. The maximum atomic E-state index is 12.6. The smallest absolute Gasteiger partial charge is 0.384 e. The highest BCUT2D eigenvalue weighted by Crippen LogP contribution is 2.28. The Morgan fingerprint density at radius 3 is 2.79 bits per heavy atom. The number of nitrogens with one attached hydrogen (secondary N) is 1. The Balaban J connectivity index is 2.13. The van der Waals surface area contributed by atoms with Gasteiger partial charge in [-0.2, -0.15) is 13.2 Å². The van der Waals surface area contributed by atoms with Crippen LogP contribution in [0, 0.1) is 0 Å². The third-order valence-electron chi connectivity index (χ3n) is 2.90. The number of nitrogen functional groups attached to an aromatic ring is 1. The fourth-order valence-electron chi connectivity index (χ4n) is 1.99. The van der Waals surface area contributed by atoms with Crippen LogP contribution < -0.4 is 11.1 Å². The first-order valence-electron chi connectivity index (χ1n) is 5.96. The Kier molecular flexibility index (Phi) is 3.79. The molecule has 2 rings (SSSR count). The van der Waals surface area contributed by atoms with Gasteiger partial charge in [0, 0.05) is 12.7 Å². The van der Waals surface area contributed by atoms with Gasteiger partial charge in [-0.3, -0.25) is 0 Å². The first-order valence-corrected chi connectivity index (χ1v) is 5.96. The molecule has 19 heavy (non-hydrogen) atoms. The summed E-state index contributed by atoms with van der Waals surface area (Å²) in [5, 5.41) is 2.88. The lowest BCUT2D eigenvalue weighted by Gasteiger charge is -2.21. The van der Waals surface area contributed by atoms with Crippen molar-refractivity contribution in [3.8, 4) is 0 Å². The molecule has 0 saturated carbocycles. The van der Waals surface area contributed by atoms with Gasteiger partial charge in [0.25, 0.3) is 0 Å². The molecule has 0 amide bonds. The minimum atomic E-state index is -4.61. The van der Waals surface area contributed by atoms with Crippen LogP contribution >= 0.6 is 0 Å². The van der Waals surface area contributed by atoms with E-state index in [0.717, 1.165) is 12.8 Å². The van der Waals surface area contributed by atoms with Gasteiger partial charge in [0.15, 0.2) is 0 Å². The van der Waals surface area contributed by atoms with Crippen molar-refractivity contribution in [3.05, 3.63) is 11.9 Å². The van der Waals surface area contributed by atoms with Gasteiger partial charge in [-0.15, -0.1) is 0 Å². The normalized spacial score (nSPS) is 21.4. The second-order valence-electron chi connectivity index (χ2n) is 4.48. The molecule has 0 radical (unpaired) electrons. The average Bonchev–Trinajstić information content (AvgIpc) is 2.80. The fourth-order valence-corrected chi connectivity index (χ4v) is 1.99. The number of nitrogens with two attached hydrogens (primary N) is 1. The molecule has 1 saturated heterocycles. The quantitative estimate of drug-likeness (QED) is 0.884. The SMILES string of the molecule is CC(Nc1cc(N)nc(C(F)(F)F)n1)C1CCCO1. The van der Waals surface area contributed by atoms with Crippen molar-refractivity contribution >= 4 is 11.6 Å². The highest BCUT2D eigenvalue weighted by molar-refractivity contribution is 5.45. The molecule has 106 valence electrons. The van der Waals surface area contributed by atoms with E-state index < -0.39 is 12.0 Å². The number of halogens is 3. The monoisotopic (exact) mass is 276 g/mol. The zero-order chi connectivity index (χ0) is 14.0. The summed E-state index contributed by atoms with van der Waals surface area (Å²) in [6, 6.07) is 1.14. The first-order chi connectivity index (χ1) is 8.86. The maximum absolute atomic E-state index is 12.6. The summed E-state index contributed by atoms with van der Waals surface area (Å²) in [5.74, 6) is -1.40. The molecule has 3 N–H and O–H groups in total. The molecule has 2 atom stereocenters. The van der Waals surface area contributed by atoms with Gasteiger partial charge in [0.2, 0.25) is 5.82 Å². The maximum Gasteiger partial charge on any atom is 0.451 e. The van der Waals surface area contributed by atoms with Crippen LogP contribution in [0.5, 0.6) is 0 Å². The molecule has 0 bridgehead atoms. The van der Waals surface area contributed by atoms with Gasteiger partial charge in [0.05, 0.1) is 12.1 Å². The minimum Gasteiger partial charge on any atom is -0.384 e. The zero-order valence-electron chi connectivity index (χ0n) is 10.4. The minimum absolute atomic E-state index is 0.0227. The zero-order valence-corrected chi connectivity index (χ0v) is 10.4. The van der Waals surface area contributed by atoms with Crippen LogP contribution in [0.15, 0.2) is 6.07 Å². The Labute approximate surface area is 108 Å². The van der Waals surface area contributed by atoms with E-state index in [4.69, 9.17) is 10.5 Å². The van der Waals surface area contributed by atoms with Crippen molar-refractivity contribution in [1.29, 1.82) is 0 Å². The Hall–Kier alpha value is -1.57. The number of nitrogens with zero attached hydrogens (tertiary/aromatic N) is 2. The summed E-state index contributed by atoms with van der Waals surface area (Å²) >= 11 is 0. The summed E-state index contributed by atoms with van der Waals surface area (Å²) < 4.78 is 43.1.